The van der Waals surface area contributed by atoms with Gasteiger partial charge in [0.15, 0.2) is 10.7 Å². The van der Waals surface area contributed by atoms with Crippen molar-refractivity contribution >= 4 is 23.1 Å². The average molecular weight is 358 g/mol. The van der Waals surface area contributed by atoms with Gasteiger partial charge in [0.1, 0.15) is 5.69 Å². The van der Waals surface area contributed by atoms with Crippen LogP contribution in [0.15, 0.2) is 52.5 Å². The average Bonchev–Trinajstić information content (AvgIpc) is 2.46. The first-order valence-corrected chi connectivity index (χ1v) is 7.95. The summed E-state index contributed by atoms with van der Waals surface area (Å²) in [7, 11) is 4.43. The molecule has 120 valence electrons. The van der Waals surface area contributed by atoms with Crippen LogP contribution in [0.4, 0.5) is 11.4 Å². The first kappa shape index (κ1) is 19.3. The van der Waals surface area contributed by atoms with E-state index in [-0.39, 0.29) is 24.8 Å². The zero-order chi connectivity index (χ0) is 13.9. The third-order valence-corrected chi connectivity index (χ3v) is 4.71. The van der Waals surface area contributed by atoms with Crippen LogP contribution in [0.3, 0.4) is 0 Å². The molecule has 6 heteroatoms. The standard InChI is InChI=1S/C16H19N3S.2ClH/c1-18(2)11-6-12-19-13-7-3-4-9-15(13)20-16-14(19)8-5-10-17-16;;/h3-5,7-10H,6,11-12H2,1-2H3;2*1H. The van der Waals surface area contributed by atoms with E-state index in [1.54, 1.807) is 11.8 Å². The first-order valence-electron chi connectivity index (χ1n) is 7.13. The van der Waals surface area contributed by atoms with Crippen molar-refractivity contribution in [2.24, 2.45) is 0 Å². The summed E-state index contributed by atoms with van der Waals surface area (Å²) in [4.78, 5) is 8.86. The fourth-order valence-electron chi connectivity index (χ4n) is 2.64. The molecule has 2 heterocycles. The molecule has 1 aromatic heterocycles. The van der Waals surface area contributed by atoms with E-state index in [0.717, 1.165) is 11.6 Å². The van der Waals surface area contributed by atoms with Gasteiger partial charge in [-0.25, -0.2) is 4.98 Å². The summed E-state index contributed by atoms with van der Waals surface area (Å²) < 4.78 is 0. The lowest BCUT2D eigenvalue weighted by atomic mass is 10.2. The minimum atomic E-state index is 0. The predicted molar refractivity (Wildman–Crippen MR) is 82.2 cm³/mol. The van der Waals surface area contributed by atoms with Crippen molar-refractivity contribution in [3.05, 3.63) is 42.6 Å². The smallest absolute Gasteiger partial charge is 0.169 e. The molecule has 2 N–H and O–H groups in total. The number of aromatic nitrogens is 1. The number of benzene rings is 1. The lowest BCUT2D eigenvalue weighted by molar-refractivity contribution is -0.862. The summed E-state index contributed by atoms with van der Waals surface area (Å²) in [6.07, 6.45) is 3.10. The van der Waals surface area contributed by atoms with Crippen molar-refractivity contribution in [3.63, 3.8) is 0 Å². The number of nitrogens with zero attached hydrogens (tertiary/aromatic N) is 1. The second kappa shape index (κ2) is 8.75. The second-order valence-corrected chi connectivity index (χ2v) is 6.52. The van der Waals surface area contributed by atoms with E-state index in [9.17, 15) is 0 Å². The number of halogens is 2. The van der Waals surface area contributed by atoms with Crippen LogP contribution in [0, 0.1) is 0 Å². The van der Waals surface area contributed by atoms with Gasteiger partial charge < -0.3 is 29.7 Å². The third kappa shape index (κ3) is 4.15. The van der Waals surface area contributed by atoms with Crippen molar-refractivity contribution < 1.29 is 34.6 Å². The second-order valence-electron chi connectivity index (χ2n) is 5.49. The van der Waals surface area contributed by atoms with Crippen LogP contribution < -0.4 is 34.6 Å². The minimum Gasteiger partial charge on any atom is -1.00 e. The number of nitrogens with one attached hydrogen (secondary N) is 2. The van der Waals surface area contributed by atoms with E-state index in [1.807, 2.05) is 12.3 Å². The Bertz CT molecular complexity index is 562. The van der Waals surface area contributed by atoms with Gasteiger partial charge >= 0.3 is 0 Å². The summed E-state index contributed by atoms with van der Waals surface area (Å²) >= 11 is 1.79. The Morgan fingerprint density at radius 2 is 1.77 bits per heavy atom. The van der Waals surface area contributed by atoms with Gasteiger partial charge in [0.2, 0.25) is 0 Å². The maximum Gasteiger partial charge on any atom is 0.169 e. The molecule has 1 aliphatic rings. The molecule has 0 amide bonds. The van der Waals surface area contributed by atoms with Gasteiger partial charge in [0.05, 0.1) is 32.1 Å². The van der Waals surface area contributed by atoms with E-state index >= 15 is 0 Å². The number of rotatable bonds is 4. The van der Waals surface area contributed by atoms with Gasteiger partial charge in [-0.15, -0.1) is 0 Å². The van der Waals surface area contributed by atoms with Crippen LogP contribution in [0.2, 0.25) is 0 Å². The number of fused-ring (bicyclic) bond motifs is 2. The summed E-state index contributed by atoms with van der Waals surface area (Å²) in [6, 6.07) is 13.0. The number of quaternary nitrogens is 2. The van der Waals surface area contributed by atoms with Gasteiger partial charge in [-0.05, 0) is 12.1 Å². The van der Waals surface area contributed by atoms with E-state index in [2.05, 4.69) is 49.4 Å². The van der Waals surface area contributed by atoms with Gasteiger partial charge in [-0.1, -0.05) is 23.9 Å². The highest BCUT2D eigenvalue weighted by Crippen LogP contribution is 2.38. The summed E-state index contributed by atoms with van der Waals surface area (Å²) in [6.45, 7) is 2.33. The SMILES string of the molecule is C[NH+](C)CCC[NH+]1c2ccccc2Sc2ncccc21.[Cl-].[Cl-]. The monoisotopic (exact) mass is 357 g/mol. The summed E-state index contributed by atoms with van der Waals surface area (Å²) in [5, 5.41) is 1.15. The molecule has 0 aliphatic carbocycles. The molecule has 1 atom stereocenters. The third-order valence-electron chi connectivity index (χ3n) is 3.62. The number of hydrogen-bond acceptors (Lipinski definition) is 2. The van der Waals surface area contributed by atoms with Crippen LogP contribution in [-0.2, 0) is 0 Å². The van der Waals surface area contributed by atoms with Gasteiger partial charge in [0, 0.05) is 24.8 Å². The Labute approximate surface area is 148 Å². The van der Waals surface area contributed by atoms with Crippen molar-refractivity contribution in [1.82, 2.24) is 4.98 Å². The maximum atomic E-state index is 4.55. The molecule has 0 saturated heterocycles. The van der Waals surface area contributed by atoms with E-state index in [4.69, 9.17) is 0 Å². The highest BCUT2D eigenvalue weighted by Gasteiger charge is 2.28. The Kier molecular flexibility index (Phi) is 7.66. The van der Waals surface area contributed by atoms with Crippen molar-refractivity contribution in [1.29, 1.82) is 0 Å². The lowest BCUT2D eigenvalue weighted by Gasteiger charge is -2.26. The molecule has 3 rings (SSSR count). The van der Waals surface area contributed by atoms with Crippen molar-refractivity contribution in [2.75, 3.05) is 27.2 Å². The highest BCUT2D eigenvalue weighted by atomic mass is 35.5. The van der Waals surface area contributed by atoms with E-state index in [0.29, 0.717) is 0 Å². The van der Waals surface area contributed by atoms with Crippen LogP contribution in [0.1, 0.15) is 6.42 Å². The molecule has 1 aromatic carbocycles. The first-order chi connectivity index (χ1) is 9.75. The van der Waals surface area contributed by atoms with E-state index < -0.39 is 0 Å². The van der Waals surface area contributed by atoms with Crippen LogP contribution in [0.25, 0.3) is 0 Å². The van der Waals surface area contributed by atoms with Crippen molar-refractivity contribution in [3.8, 4) is 0 Å². The summed E-state index contributed by atoms with van der Waals surface area (Å²) in [5.41, 5.74) is 2.72. The fourth-order valence-corrected chi connectivity index (χ4v) is 3.71. The Hall–Kier alpha value is -0.780. The van der Waals surface area contributed by atoms with Crippen molar-refractivity contribution in [2.45, 2.75) is 16.3 Å². The lowest BCUT2D eigenvalue weighted by Crippen LogP contribution is -3.07. The number of pyridine rings is 1. The number of para-hydroxylation sites is 1. The van der Waals surface area contributed by atoms with Crippen LogP contribution in [-0.4, -0.2) is 32.2 Å². The van der Waals surface area contributed by atoms with Crippen LogP contribution in [0.5, 0.6) is 0 Å². The van der Waals surface area contributed by atoms with Gasteiger partial charge in [0.25, 0.3) is 0 Å². The molecule has 3 nitrogen and oxygen atoms in total. The molecule has 22 heavy (non-hydrogen) atoms. The minimum absolute atomic E-state index is 0. The quantitative estimate of drug-likeness (QED) is 0.571. The molecule has 0 fully saturated rings. The van der Waals surface area contributed by atoms with Gasteiger partial charge in [-0.2, -0.15) is 0 Å². The Morgan fingerprint density at radius 3 is 2.55 bits per heavy atom. The fraction of sp³-hybridized carbons (Fsp3) is 0.312. The molecular weight excluding hydrogens is 337 g/mol. The normalized spacial score (nSPS) is 15.3. The Balaban J connectivity index is 0.00000121. The Morgan fingerprint density at radius 1 is 1.05 bits per heavy atom. The molecular formula is C16H21Cl2N3S. The van der Waals surface area contributed by atoms with Gasteiger partial charge in [-0.3, -0.25) is 4.90 Å². The molecule has 0 saturated carbocycles. The van der Waals surface area contributed by atoms with E-state index in [1.165, 1.54) is 39.0 Å². The zero-order valence-corrected chi connectivity index (χ0v) is 15.1. The predicted octanol–water partition coefficient (Wildman–Crippen LogP) is -5.06. The number of hydrogen-bond donors (Lipinski definition) is 2. The molecule has 2 aromatic rings. The highest BCUT2D eigenvalue weighted by molar-refractivity contribution is 7.99. The van der Waals surface area contributed by atoms with Crippen LogP contribution >= 0.6 is 11.8 Å². The topological polar surface area (TPSA) is 21.8 Å². The molecule has 0 spiro atoms. The maximum absolute atomic E-state index is 4.55. The zero-order valence-electron chi connectivity index (χ0n) is 12.8. The summed E-state index contributed by atoms with van der Waals surface area (Å²) in [5.74, 6) is 0. The largest absolute Gasteiger partial charge is 1.00 e. The molecule has 0 radical (unpaired) electrons. The molecule has 0 bridgehead atoms. The molecule has 1 aliphatic heterocycles. The molecule has 1 unspecified atom stereocenters.